The van der Waals surface area contributed by atoms with Crippen LogP contribution in [0.1, 0.15) is 36.1 Å². The SMILES string of the molecule is c1ccc(CCN2CCCC3(CCc4cn[nH]c43)C2)cc1. The molecule has 2 aliphatic rings. The number of aryl methyl sites for hydroxylation is 1. The molecule has 0 radical (unpaired) electrons. The quantitative estimate of drug-likeness (QED) is 0.938. The van der Waals surface area contributed by atoms with Gasteiger partial charge >= 0.3 is 0 Å². The summed E-state index contributed by atoms with van der Waals surface area (Å²) in [5.74, 6) is 0. The molecule has 1 N–H and O–H groups in total. The van der Waals surface area contributed by atoms with Crippen LogP contribution in [0.25, 0.3) is 0 Å². The maximum atomic E-state index is 4.27. The van der Waals surface area contributed by atoms with Crippen LogP contribution in [0.15, 0.2) is 36.5 Å². The van der Waals surface area contributed by atoms with Crippen molar-refractivity contribution in [2.24, 2.45) is 0 Å². The first kappa shape index (κ1) is 13.1. The van der Waals surface area contributed by atoms with Gasteiger partial charge in [-0.3, -0.25) is 5.10 Å². The summed E-state index contributed by atoms with van der Waals surface area (Å²) in [6.45, 7) is 3.63. The molecule has 110 valence electrons. The Morgan fingerprint density at radius 1 is 1.19 bits per heavy atom. The van der Waals surface area contributed by atoms with Crippen molar-refractivity contribution in [3.8, 4) is 0 Å². The van der Waals surface area contributed by atoms with E-state index in [0.29, 0.717) is 5.41 Å². The Balaban J connectivity index is 1.44. The van der Waals surface area contributed by atoms with Gasteiger partial charge in [0.05, 0.1) is 6.20 Å². The summed E-state index contributed by atoms with van der Waals surface area (Å²) in [4.78, 5) is 2.66. The molecule has 1 aromatic carbocycles. The number of nitrogens with one attached hydrogen (secondary N) is 1. The van der Waals surface area contributed by atoms with E-state index in [0.717, 1.165) is 6.42 Å². The molecule has 1 unspecified atom stereocenters. The molecule has 0 bridgehead atoms. The third kappa shape index (κ3) is 2.40. The van der Waals surface area contributed by atoms with Crippen LogP contribution in [0.4, 0.5) is 0 Å². The summed E-state index contributed by atoms with van der Waals surface area (Å²) in [6.07, 6.45) is 8.34. The van der Waals surface area contributed by atoms with E-state index in [9.17, 15) is 0 Å². The van der Waals surface area contributed by atoms with Crippen LogP contribution < -0.4 is 0 Å². The molecular weight excluding hydrogens is 258 g/mol. The zero-order chi connectivity index (χ0) is 14.1. The number of piperidine rings is 1. The lowest BCUT2D eigenvalue weighted by molar-refractivity contribution is 0.144. The average Bonchev–Trinajstić information content (AvgIpc) is 3.12. The van der Waals surface area contributed by atoms with Crippen LogP contribution in [0.2, 0.25) is 0 Å². The van der Waals surface area contributed by atoms with Crippen LogP contribution in [0, 0.1) is 0 Å². The minimum atomic E-state index is 0.362. The minimum Gasteiger partial charge on any atom is -0.302 e. The topological polar surface area (TPSA) is 31.9 Å². The van der Waals surface area contributed by atoms with E-state index in [1.807, 2.05) is 6.20 Å². The number of aromatic nitrogens is 2. The van der Waals surface area contributed by atoms with Crippen molar-refractivity contribution in [3.05, 3.63) is 53.3 Å². The highest BCUT2D eigenvalue weighted by Crippen LogP contribution is 2.43. The molecule has 1 fully saturated rings. The standard InChI is InChI=1S/C18H23N3/c1-2-5-15(6-3-1)8-12-21-11-4-9-18(14-21)10-7-16-13-19-20-17(16)18/h1-3,5-6,13H,4,7-12,14H2,(H,19,20). The van der Waals surface area contributed by atoms with Crippen molar-refractivity contribution >= 4 is 0 Å². The van der Waals surface area contributed by atoms with Gasteiger partial charge in [0.25, 0.3) is 0 Å². The van der Waals surface area contributed by atoms with Gasteiger partial charge < -0.3 is 4.90 Å². The van der Waals surface area contributed by atoms with Gasteiger partial charge in [-0.1, -0.05) is 30.3 Å². The number of hydrogen-bond acceptors (Lipinski definition) is 2. The van der Waals surface area contributed by atoms with E-state index >= 15 is 0 Å². The van der Waals surface area contributed by atoms with Gasteiger partial charge in [0.1, 0.15) is 0 Å². The number of aromatic amines is 1. The van der Waals surface area contributed by atoms with Crippen LogP contribution in [0.5, 0.6) is 0 Å². The summed E-state index contributed by atoms with van der Waals surface area (Å²) in [5.41, 5.74) is 4.71. The lowest BCUT2D eigenvalue weighted by Gasteiger charge is -2.40. The molecule has 2 aromatic rings. The van der Waals surface area contributed by atoms with E-state index < -0.39 is 0 Å². The highest BCUT2D eigenvalue weighted by atomic mass is 15.2. The van der Waals surface area contributed by atoms with Crippen LogP contribution >= 0.6 is 0 Å². The molecule has 4 rings (SSSR count). The van der Waals surface area contributed by atoms with Crippen molar-refractivity contribution in [1.29, 1.82) is 0 Å². The fourth-order valence-electron chi connectivity index (χ4n) is 4.22. The van der Waals surface area contributed by atoms with Gasteiger partial charge in [0.15, 0.2) is 0 Å². The first-order valence-corrected chi connectivity index (χ1v) is 8.15. The monoisotopic (exact) mass is 281 g/mol. The van der Waals surface area contributed by atoms with E-state index in [1.165, 1.54) is 62.1 Å². The maximum Gasteiger partial charge on any atom is 0.0522 e. The third-order valence-corrected chi connectivity index (χ3v) is 5.34. The number of nitrogens with zero attached hydrogens (tertiary/aromatic N) is 2. The molecule has 1 spiro atoms. The van der Waals surface area contributed by atoms with Gasteiger partial charge in [0.2, 0.25) is 0 Å². The Labute approximate surface area is 126 Å². The smallest absolute Gasteiger partial charge is 0.0522 e. The van der Waals surface area contributed by atoms with Crippen LogP contribution in [-0.2, 0) is 18.3 Å². The van der Waals surface area contributed by atoms with Gasteiger partial charge in [-0.2, -0.15) is 5.10 Å². The highest BCUT2D eigenvalue weighted by molar-refractivity contribution is 5.33. The van der Waals surface area contributed by atoms with E-state index in [4.69, 9.17) is 0 Å². The number of H-pyrrole nitrogens is 1. The maximum absolute atomic E-state index is 4.27. The summed E-state index contributed by atoms with van der Waals surface area (Å²) in [7, 11) is 0. The van der Waals surface area contributed by atoms with Crippen molar-refractivity contribution in [3.63, 3.8) is 0 Å². The second-order valence-corrected chi connectivity index (χ2v) is 6.67. The van der Waals surface area contributed by atoms with Crippen molar-refractivity contribution < 1.29 is 0 Å². The third-order valence-electron chi connectivity index (χ3n) is 5.34. The molecular formula is C18H23N3. The molecule has 1 aliphatic heterocycles. The Kier molecular flexibility index (Phi) is 3.30. The Morgan fingerprint density at radius 2 is 2.10 bits per heavy atom. The molecule has 21 heavy (non-hydrogen) atoms. The Bertz CT molecular complexity index is 604. The molecule has 1 saturated heterocycles. The average molecular weight is 281 g/mol. The minimum absolute atomic E-state index is 0.362. The fraction of sp³-hybridized carbons (Fsp3) is 0.500. The van der Waals surface area contributed by atoms with Gasteiger partial charge in [0, 0.05) is 24.2 Å². The molecule has 2 heterocycles. The largest absolute Gasteiger partial charge is 0.302 e. The van der Waals surface area contributed by atoms with Gasteiger partial charge in [-0.05, 0) is 49.8 Å². The lowest BCUT2D eigenvalue weighted by Crippen LogP contribution is -2.45. The Morgan fingerprint density at radius 3 is 3.00 bits per heavy atom. The molecule has 1 aliphatic carbocycles. The first-order chi connectivity index (χ1) is 10.4. The normalized spacial score (nSPS) is 25.3. The van der Waals surface area contributed by atoms with Gasteiger partial charge in [-0.15, -0.1) is 0 Å². The molecule has 0 saturated carbocycles. The van der Waals surface area contributed by atoms with Crippen LogP contribution in [-0.4, -0.2) is 34.7 Å². The summed E-state index contributed by atoms with van der Waals surface area (Å²) >= 11 is 0. The van der Waals surface area contributed by atoms with Crippen molar-refractivity contribution in [2.75, 3.05) is 19.6 Å². The second kappa shape index (κ2) is 5.30. The number of likely N-dealkylation sites (tertiary alicyclic amines) is 1. The number of rotatable bonds is 3. The summed E-state index contributed by atoms with van der Waals surface area (Å²) in [5, 5.41) is 7.56. The number of hydrogen-bond donors (Lipinski definition) is 1. The predicted octanol–water partition coefficient (Wildman–Crippen LogP) is 2.93. The van der Waals surface area contributed by atoms with Crippen LogP contribution in [0.3, 0.4) is 0 Å². The lowest BCUT2D eigenvalue weighted by atomic mass is 9.77. The summed E-state index contributed by atoms with van der Waals surface area (Å²) < 4.78 is 0. The van der Waals surface area contributed by atoms with Crippen molar-refractivity contribution in [2.45, 2.75) is 37.5 Å². The van der Waals surface area contributed by atoms with Crippen molar-refractivity contribution in [1.82, 2.24) is 15.1 Å². The zero-order valence-electron chi connectivity index (χ0n) is 12.5. The van der Waals surface area contributed by atoms with Gasteiger partial charge in [-0.25, -0.2) is 0 Å². The highest BCUT2D eigenvalue weighted by Gasteiger charge is 2.43. The van der Waals surface area contributed by atoms with E-state index in [-0.39, 0.29) is 0 Å². The van der Waals surface area contributed by atoms with E-state index in [2.05, 4.69) is 45.4 Å². The Hall–Kier alpha value is -1.61. The molecule has 1 aromatic heterocycles. The zero-order valence-corrected chi connectivity index (χ0v) is 12.5. The van der Waals surface area contributed by atoms with E-state index in [1.54, 1.807) is 0 Å². The second-order valence-electron chi connectivity index (χ2n) is 6.67. The molecule has 0 amide bonds. The number of benzene rings is 1. The predicted molar refractivity (Wildman–Crippen MR) is 84.4 cm³/mol. The molecule has 3 heteroatoms. The molecule has 3 nitrogen and oxygen atoms in total. The number of fused-ring (bicyclic) bond motifs is 2. The summed E-state index contributed by atoms with van der Waals surface area (Å²) in [6, 6.07) is 10.9. The fourth-order valence-corrected chi connectivity index (χ4v) is 4.22. The molecule has 1 atom stereocenters. The first-order valence-electron chi connectivity index (χ1n) is 8.15.